The van der Waals surface area contributed by atoms with Gasteiger partial charge in [0, 0.05) is 5.57 Å². The summed E-state index contributed by atoms with van der Waals surface area (Å²) in [7, 11) is 0. The number of hydrogen-bond donors (Lipinski definition) is 0. The van der Waals surface area contributed by atoms with Gasteiger partial charge in [0.15, 0.2) is 0 Å². The largest absolute Gasteiger partial charge is 0.115 e. The van der Waals surface area contributed by atoms with Crippen molar-refractivity contribution in [3.63, 3.8) is 0 Å². The molecule has 0 unspecified atom stereocenters. The van der Waals surface area contributed by atoms with Crippen molar-refractivity contribution >= 4 is 0 Å². The summed E-state index contributed by atoms with van der Waals surface area (Å²) in [6.07, 6.45) is 17.5. The SMILES string of the molecule is C#CC(=C\C=C(\CC)C(C)C)/C(=C/C(=C\C)CC)CC. The van der Waals surface area contributed by atoms with Gasteiger partial charge in [0.2, 0.25) is 0 Å². The zero-order chi connectivity index (χ0) is 15.5. The predicted molar refractivity (Wildman–Crippen MR) is 92.6 cm³/mol. The minimum Gasteiger partial charge on any atom is -0.115 e. The third-order valence-corrected chi connectivity index (χ3v) is 3.63. The molecular formula is C20H30. The van der Waals surface area contributed by atoms with Crippen LogP contribution < -0.4 is 0 Å². The average Bonchev–Trinajstić information content (AvgIpc) is 2.45. The van der Waals surface area contributed by atoms with Crippen molar-refractivity contribution in [3.8, 4) is 12.3 Å². The van der Waals surface area contributed by atoms with Crippen LogP contribution in [0.3, 0.4) is 0 Å². The Bertz CT molecular complexity index is 445. The minimum atomic E-state index is 0.575. The maximum absolute atomic E-state index is 5.70. The first kappa shape index (κ1) is 18.5. The molecule has 0 saturated heterocycles. The molecule has 110 valence electrons. The van der Waals surface area contributed by atoms with Crippen LogP contribution in [-0.2, 0) is 0 Å². The highest BCUT2D eigenvalue weighted by Crippen LogP contribution is 2.19. The van der Waals surface area contributed by atoms with E-state index in [1.54, 1.807) is 0 Å². The van der Waals surface area contributed by atoms with Crippen molar-refractivity contribution in [3.05, 3.63) is 46.6 Å². The highest BCUT2D eigenvalue weighted by atomic mass is 14.1. The van der Waals surface area contributed by atoms with Crippen LogP contribution in [0.2, 0.25) is 0 Å². The van der Waals surface area contributed by atoms with Crippen LogP contribution in [0.5, 0.6) is 0 Å². The fourth-order valence-electron chi connectivity index (χ4n) is 2.14. The average molecular weight is 270 g/mol. The van der Waals surface area contributed by atoms with Gasteiger partial charge in [0.05, 0.1) is 0 Å². The Hall–Kier alpha value is -1.48. The maximum Gasteiger partial charge on any atom is 0.0274 e. The Labute approximate surface area is 126 Å². The highest BCUT2D eigenvalue weighted by Gasteiger charge is 2.02. The van der Waals surface area contributed by atoms with Gasteiger partial charge in [-0.05, 0) is 43.8 Å². The molecule has 0 aromatic heterocycles. The van der Waals surface area contributed by atoms with Crippen LogP contribution >= 0.6 is 0 Å². The molecule has 0 spiro atoms. The van der Waals surface area contributed by atoms with Gasteiger partial charge < -0.3 is 0 Å². The first-order valence-corrected chi connectivity index (χ1v) is 7.77. The van der Waals surface area contributed by atoms with Gasteiger partial charge in [-0.1, -0.05) is 69.9 Å². The fraction of sp³-hybridized carbons (Fsp3) is 0.500. The molecule has 0 heteroatoms. The van der Waals surface area contributed by atoms with Gasteiger partial charge in [-0.25, -0.2) is 0 Å². The van der Waals surface area contributed by atoms with Crippen molar-refractivity contribution in [2.45, 2.75) is 60.8 Å². The second-order valence-corrected chi connectivity index (χ2v) is 5.21. The van der Waals surface area contributed by atoms with E-state index in [-0.39, 0.29) is 0 Å². The Morgan fingerprint density at radius 1 is 1.05 bits per heavy atom. The van der Waals surface area contributed by atoms with Crippen LogP contribution in [0.15, 0.2) is 46.6 Å². The summed E-state index contributed by atoms with van der Waals surface area (Å²) in [6, 6.07) is 0. The molecule has 0 fully saturated rings. The molecule has 0 aromatic rings. The third-order valence-electron chi connectivity index (χ3n) is 3.63. The summed E-state index contributed by atoms with van der Waals surface area (Å²) in [5.41, 5.74) is 5.03. The van der Waals surface area contributed by atoms with E-state index in [4.69, 9.17) is 6.42 Å². The molecule has 0 amide bonds. The van der Waals surface area contributed by atoms with Crippen LogP contribution in [0.25, 0.3) is 0 Å². The highest BCUT2D eigenvalue weighted by molar-refractivity contribution is 5.49. The topological polar surface area (TPSA) is 0 Å². The normalized spacial score (nSPS) is 14.7. The Morgan fingerprint density at radius 2 is 1.70 bits per heavy atom. The van der Waals surface area contributed by atoms with Gasteiger partial charge in [-0.3, -0.25) is 0 Å². The van der Waals surface area contributed by atoms with Gasteiger partial charge in [0.1, 0.15) is 0 Å². The van der Waals surface area contributed by atoms with Crippen molar-refractivity contribution in [2.75, 3.05) is 0 Å². The van der Waals surface area contributed by atoms with Crippen LogP contribution in [0.1, 0.15) is 60.8 Å². The van der Waals surface area contributed by atoms with E-state index in [1.165, 1.54) is 16.7 Å². The summed E-state index contributed by atoms with van der Waals surface area (Å²) in [6.45, 7) is 13.1. The van der Waals surface area contributed by atoms with Gasteiger partial charge >= 0.3 is 0 Å². The summed E-state index contributed by atoms with van der Waals surface area (Å²) in [5.74, 6) is 3.42. The van der Waals surface area contributed by atoms with Crippen LogP contribution in [0.4, 0.5) is 0 Å². The first-order chi connectivity index (χ1) is 9.53. The van der Waals surface area contributed by atoms with E-state index < -0.39 is 0 Å². The quantitative estimate of drug-likeness (QED) is 0.380. The molecule has 0 N–H and O–H groups in total. The van der Waals surface area contributed by atoms with E-state index in [1.807, 2.05) is 0 Å². The minimum absolute atomic E-state index is 0.575. The van der Waals surface area contributed by atoms with Crippen LogP contribution in [0, 0.1) is 18.3 Å². The van der Waals surface area contributed by atoms with Gasteiger partial charge in [-0.2, -0.15) is 0 Å². The lowest BCUT2D eigenvalue weighted by Gasteiger charge is -2.09. The van der Waals surface area contributed by atoms with E-state index in [9.17, 15) is 0 Å². The van der Waals surface area contributed by atoms with Crippen molar-refractivity contribution in [1.29, 1.82) is 0 Å². The Kier molecular flexibility index (Phi) is 9.56. The van der Waals surface area contributed by atoms with Gasteiger partial charge in [0.25, 0.3) is 0 Å². The number of hydrogen-bond acceptors (Lipinski definition) is 0. The third kappa shape index (κ3) is 6.11. The number of allylic oxidation sites excluding steroid dienone is 8. The van der Waals surface area contributed by atoms with Crippen molar-refractivity contribution < 1.29 is 0 Å². The molecule has 0 aliphatic carbocycles. The molecule has 0 nitrogen and oxygen atoms in total. The van der Waals surface area contributed by atoms with E-state index >= 15 is 0 Å². The van der Waals surface area contributed by atoms with Crippen molar-refractivity contribution in [1.82, 2.24) is 0 Å². The summed E-state index contributed by atoms with van der Waals surface area (Å²) in [5, 5.41) is 0. The van der Waals surface area contributed by atoms with Crippen molar-refractivity contribution in [2.24, 2.45) is 5.92 Å². The molecule has 0 heterocycles. The lowest BCUT2D eigenvalue weighted by Crippen LogP contribution is -1.92. The summed E-state index contributed by atoms with van der Waals surface area (Å²) in [4.78, 5) is 0. The van der Waals surface area contributed by atoms with E-state index in [2.05, 4.69) is 71.8 Å². The lowest BCUT2D eigenvalue weighted by atomic mass is 9.96. The molecule has 0 rings (SSSR count). The Morgan fingerprint density at radius 3 is 2.05 bits per heavy atom. The fourth-order valence-corrected chi connectivity index (χ4v) is 2.14. The zero-order valence-corrected chi connectivity index (χ0v) is 14.1. The molecule has 0 radical (unpaired) electrons. The molecule has 20 heavy (non-hydrogen) atoms. The zero-order valence-electron chi connectivity index (χ0n) is 14.1. The smallest absolute Gasteiger partial charge is 0.0274 e. The summed E-state index contributed by atoms with van der Waals surface area (Å²) >= 11 is 0. The molecule has 0 saturated carbocycles. The monoisotopic (exact) mass is 270 g/mol. The van der Waals surface area contributed by atoms with Gasteiger partial charge in [-0.15, -0.1) is 6.42 Å². The number of rotatable bonds is 7. The second-order valence-electron chi connectivity index (χ2n) is 5.21. The number of terminal acetylenes is 1. The molecule has 0 bridgehead atoms. The lowest BCUT2D eigenvalue weighted by molar-refractivity contribution is 0.732. The first-order valence-electron chi connectivity index (χ1n) is 7.77. The second kappa shape index (κ2) is 10.3. The molecule has 0 atom stereocenters. The standard InChI is InChI=1S/C20H30/c1-8-17(9-2)15-20(12-5)19(11-4)14-13-18(10-3)16(6)7/h4,8,13-16H,9-10,12H2,1-3,5-7H3/b17-8-,18-13-,19-14+,20-15+. The molecule has 0 aliphatic rings. The predicted octanol–water partition coefficient (Wildman–Crippen LogP) is 6.23. The van der Waals surface area contributed by atoms with Crippen LogP contribution in [-0.4, -0.2) is 0 Å². The maximum atomic E-state index is 5.70. The van der Waals surface area contributed by atoms with E-state index in [0.29, 0.717) is 5.92 Å². The molecule has 0 aromatic carbocycles. The Balaban J connectivity index is 5.49. The molecular weight excluding hydrogens is 240 g/mol. The summed E-state index contributed by atoms with van der Waals surface area (Å²) < 4.78 is 0. The van der Waals surface area contributed by atoms with E-state index in [0.717, 1.165) is 24.8 Å². The molecule has 0 aliphatic heterocycles.